The molecule has 0 N–H and O–H groups in total. The molecule has 0 saturated carbocycles. The topological polar surface area (TPSA) is 72.4 Å². The van der Waals surface area contributed by atoms with Crippen molar-refractivity contribution in [2.24, 2.45) is 0 Å². The summed E-state index contributed by atoms with van der Waals surface area (Å²) in [7, 11) is 0. The van der Waals surface area contributed by atoms with Crippen molar-refractivity contribution in [1.29, 1.82) is 0 Å². The largest absolute Gasteiger partial charge is 0.452 e. The molecule has 1 aromatic carbocycles. The van der Waals surface area contributed by atoms with Crippen LogP contribution in [-0.4, -0.2) is 45.2 Å². The highest BCUT2D eigenvalue weighted by Crippen LogP contribution is 2.14. The first-order valence-corrected chi connectivity index (χ1v) is 8.14. The third-order valence-electron chi connectivity index (χ3n) is 3.77. The summed E-state index contributed by atoms with van der Waals surface area (Å²) in [6.45, 7) is 1.31. The highest BCUT2D eigenvalue weighted by molar-refractivity contribution is 7.00. The average molecular weight is 319 g/mol. The normalized spacial score (nSPS) is 15.5. The Morgan fingerprint density at radius 1 is 1.09 bits per heavy atom. The first kappa shape index (κ1) is 14.9. The van der Waals surface area contributed by atoms with Crippen LogP contribution in [0.5, 0.6) is 0 Å². The molecule has 1 amide bonds. The molecule has 0 atom stereocenters. The summed E-state index contributed by atoms with van der Waals surface area (Å²) in [5.41, 5.74) is 1.81. The Kier molecular flexibility index (Phi) is 4.62. The van der Waals surface area contributed by atoms with Gasteiger partial charge in [-0.1, -0.05) is 12.8 Å². The van der Waals surface area contributed by atoms with Gasteiger partial charge >= 0.3 is 5.97 Å². The van der Waals surface area contributed by atoms with Gasteiger partial charge in [-0.2, -0.15) is 8.75 Å². The van der Waals surface area contributed by atoms with E-state index in [4.69, 9.17) is 4.74 Å². The first-order valence-electron chi connectivity index (χ1n) is 7.41. The fourth-order valence-electron chi connectivity index (χ4n) is 2.53. The number of benzene rings is 1. The molecule has 0 radical (unpaired) electrons. The maximum absolute atomic E-state index is 12.1. The fourth-order valence-corrected chi connectivity index (χ4v) is 3.05. The van der Waals surface area contributed by atoms with Crippen molar-refractivity contribution in [3.05, 3.63) is 23.8 Å². The standard InChI is InChI=1S/C15H17N3O3S/c19-14(18-7-3-1-2-4-8-18)10-21-15(20)11-5-6-12-13(9-11)17-22-16-12/h5-6,9H,1-4,7-8,10H2. The van der Waals surface area contributed by atoms with Gasteiger partial charge in [0.25, 0.3) is 5.91 Å². The van der Waals surface area contributed by atoms with Crippen molar-refractivity contribution in [3.8, 4) is 0 Å². The Morgan fingerprint density at radius 2 is 1.82 bits per heavy atom. The number of carbonyl (C=O) groups excluding carboxylic acids is 2. The monoisotopic (exact) mass is 319 g/mol. The van der Waals surface area contributed by atoms with Gasteiger partial charge in [-0.05, 0) is 31.0 Å². The number of hydrogen-bond acceptors (Lipinski definition) is 6. The van der Waals surface area contributed by atoms with Gasteiger partial charge in [0.05, 0.1) is 17.3 Å². The van der Waals surface area contributed by atoms with E-state index in [0.717, 1.165) is 56.0 Å². The van der Waals surface area contributed by atoms with Crippen molar-refractivity contribution in [1.82, 2.24) is 13.6 Å². The molecule has 116 valence electrons. The van der Waals surface area contributed by atoms with Gasteiger partial charge in [-0.3, -0.25) is 4.79 Å². The summed E-state index contributed by atoms with van der Waals surface area (Å²) in [6.07, 6.45) is 4.36. The Labute approximate surface area is 132 Å². The van der Waals surface area contributed by atoms with Gasteiger partial charge in [-0.25, -0.2) is 4.79 Å². The predicted octanol–water partition coefficient (Wildman–Crippen LogP) is 2.25. The molecule has 2 aromatic rings. The van der Waals surface area contributed by atoms with Crippen LogP contribution in [0.25, 0.3) is 11.0 Å². The molecule has 6 nitrogen and oxygen atoms in total. The van der Waals surface area contributed by atoms with Crippen LogP contribution in [0.3, 0.4) is 0 Å². The number of esters is 1. The summed E-state index contributed by atoms with van der Waals surface area (Å²) in [5.74, 6) is -0.621. The quantitative estimate of drug-likeness (QED) is 0.811. The van der Waals surface area contributed by atoms with Gasteiger partial charge in [0.15, 0.2) is 6.61 Å². The fraction of sp³-hybridized carbons (Fsp3) is 0.467. The summed E-state index contributed by atoms with van der Waals surface area (Å²) in [6, 6.07) is 5.01. The minimum absolute atomic E-state index is 0.119. The summed E-state index contributed by atoms with van der Waals surface area (Å²) >= 11 is 1.10. The zero-order valence-electron chi connectivity index (χ0n) is 12.2. The van der Waals surface area contributed by atoms with E-state index in [0.29, 0.717) is 11.1 Å². The molecule has 1 aliphatic rings. The van der Waals surface area contributed by atoms with E-state index in [1.165, 1.54) is 0 Å². The molecule has 0 aliphatic carbocycles. The Morgan fingerprint density at radius 3 is 2.59 bits per heavy atom. The summed E-state index contributed by atoms with van der Waals surface area (Å²) in [5, 5.41) is 0. The third-order valence-corrected chi connectivity index (χ3v) is 4.33. The lowest BCUT2D eigenvalue weighted by Gasteiger charge is -2.19. The van der Waals surface area contributed by atoms with Gasteiger partial charge in [0.1, 0.15) is 11.0 Å². The zero-order chi connectivity index (χ0) is 15.4. The summed E-state index contributed by atoms with van der Waals surface area (Å²) < 4.78 is 13.3. The number of aromatic nitrogens is 2. The Balaban J connectivity index is 1.57. The SMILES string of the molecule is O=C(OCC(=O)N1CCCCCC1)c1ccc2nsnc2c1. The number of nitrogens with zero attached hydrogens (tertiary/aromatic N) is 3. The van der Waals surface area contributed by atoms with Crippen LogP contribution in [0.4, 0.5) is 0 Å². The Hall–Kier alpha value is -2.02. The molecule has 1 saturated heterocycles. The predicted molar refractivity (Wildman–Crippen MR) is 82.7 cm³/mol. The first-order chi connectivity index (χ1) is 10.7. The molecule has 0 unspecified atom stereocenters. The third kappa shape index (κ3) is 3.41. The second kappa shape index (κ2) is 6.83. The molecule has 2 heterocycles. The van der Waals surface area contributed by atoms with Crippen LogP contribution in [0.2, 0.25) is 0 Å². The molecular formula is C15H17N3O3S. The van der Waals surface area contributed by atoms with Crippen molar-refractivity contribution in [3.63, 3.8) is 0 Å². The van der Waals surface area contributed by atoms with Crippen molar-refractivity contribution in [2.45, 2.75) is 25.7 Å². The molecule has 3 rings (SSSR count). The minimum Gasteiger partial charge on any atom is -0.452 e. The smallest absolute Gasteiger partial charge is 0.338 e. The van der Waals surface area contributed by atoms with Crippen molar-refractivity contribution in [2.75, 3.05) is 19.7 Å². The molecule has 7 heteroatoms. The van der Waals surface area contributed by atoms with Crippen LogP contribution in [0.15, 0.2) is 18.2 Å². The van der Waals surface area contributed by atoms with Crippen molar-refractivity contribution >= 4 is 34.6 Å². The van der Waals surface area contributed by atoms with E-state index in [2.05, 4.69) is 8.75 Å². The lowest BCUT2D eigenvalue weighted by atomic mass is 10.2. The second-order valence-electron chi connectivity index (χ2n) is 5.34. The lowest BCUT2D eigenvalue weighted by Crippen LogP contribution is -2.35. The highest BCUT2D eigenvalue weighted by atomic mass is 32.1. The second-order valence-corrected chi connectivity index (χ2v) is 5.87. The van der Waals surface area contributed by atoms with E-state index in [9.17, 15) is 9.59 Å². The van der Waals surface area contributed by atoms with Crippen LogP contribution < -0.4 is 0 Å². The summed E-state index contributed by atoms with van der Waals surface area (Å²) in [4.78, 5) is 25.9. The van der Waals surface area contributed by atoms with E-state index in [1.807, 2.05) is 0 Å². The van der Waals surface area contributed by atoms with Gasteiger partial charge in [0.2, 0.25) is 0 Å². The molecule has 1 fully saturated rings. The molecule has 0 bridgehead atoms. The van der Waals surface area contributed by atoms with Crippen LogP contribution in [0.1, 0.15) is 36.0 Å². The number of fused-ring (bicyclic) bond motifs is 1. The maximum atomic E-state index is 12.1. The molecule has 22 heavy (non-hydrogen) atoms. The number of carbonyl (C=O) groups is 2. The molecule has 1 aromatic heterocycles. The maximum Gasteiger partial charge on any atom is 0.338 e. The number of ether oxygens (including phenoxy) is 1. The van der Waals surface area contributed by atoms with Gasteiger partial charge in [-0.15, -0.1) is 0 Å². The lowest BCUT2D eigenvalue weighted by molar-refractivity contribution is -0.134. The van der Waals surface area contributed by atoms with E-state index >= 15 is 0 Å². The Bertz CT molecular complexity index is 677. The van der Waals surface area contributed by atoms with Crippen molar-refractivity contribution < 1.29 is 14.3 Å². The average Bonchev–Trinajstić information content (AvgIpc) is 2.83. The highest BCUT2D eigenvalue weighted by Gasteiger charge is 2.18. The molecule has 0 spiro atoms. The van der Waals surface area contributed by atoms with E-state index in [1.54, 1.807) is 23.1 Å². The minimum atomic E-state index is -0.502. The zero-order valence-corrected chi connectivity index (χ0v) is 13.0. The molecular weight excluding hydrogens is 302 g/mol. The van der Waals surface area contributed by atoms with Crippen LogP contribution >= 0.6 is 11.7 Å². The number of rotatable bonds is 3. The van der Waals surface area contributed by atoms with Gasteiger partial charge < -0.3 is 9.64 Å². The number of likely N-dealkylation sites (tertiary alicyclic amines) is 1. The van der Waals surface area contributed by atoms with E-state index in [-0.39, 0.29) is 12.5 Å². The number of amides is 1. The van der Waals surface area contributed by atoms with Crippen LogP contribution in [0, 0.1) is 0 Å². The van der Waals surface area contributed by atoms with Crippen LogP contribution in [-0.2, 0) is 9.53 Å². The number of hydrogen-bond donors (Lipinski definition) is 0. The van der Waals surface area contributed by atoms with E-state index < -0.39 is 5.97 Å². The molecule has 1 aliphatic heterocycles. The van der Waals surface area contributed by atoms with Gasteiger partial charge in [0, 0.05) is 13.1 Å².